The molecule has 2 aromatic carbocycles. The summed E-state index contributed by atoms with van der Waals surface area (Å²) in [5, 5.41) is 38.7. The Labute approximate surface area is 182 Å². The molecule has 0 fully saturated rings. The van der Waals surface area contributed by atoms with Gasteiger partial charge in [0.15, 0.2) is 0 Å². The Balaban J connectivity index is 0.00000264. The van der Waals surface area contributed by atoms with Gasteiger partial charge in [-0.25, -0.2) is 4.79 Å². The molecule has 0 saturated heterocycles. The molecule has 0 atom stereocenters. The van der Waals surface area contributed by atoms with E-state index in [0.717, 1.165) is 12.1 Å². The van der Waals surface area contributed by atoms with Gasteiger partial charge in [0.2, 0.25) is 0 Å². The number of hydrogen-bond donors (Lipinski definition) is 1. The molecule has 0 spiro atoms. The van der Waals surface area contributed by atoms with Crippen LogP contribution in [0.1, 0.15) is 26.3 Å². The average molecular weight is 344 g/mol. The molecular formula is C15H10N2Na2O5. The Kier molecular flexibility index (Phi) is 9.42. The van der Waals surface area contributed by atoms with E-state index in [-0.39, 0.29) is 70.4 Å². The zero-order valence-corrected chi connectivity index (χ0v) is 17.4. The van der Waals surface area contributed by atoms with Gasteiger partial charge in [0.05, 0.1) is 22.9 Å². The van der Waals surface area contributed by atoms with Crippen LogP contribution < -0.4 is 69.3 Å². The molecule has 0 aromatic heterocycles. The van der Waals surface area contributed by atoms with Crippen molar-refractivity contribution in [3.63, 3.8) is 0 Å². The standard InChI is InChI=1S/C15H12N2O5.2Na/c1-8-2-3-9(6-11(8)14(19)20)16-17-10-4-5-13(18)12(7-10)15(21)22;;/h2-7,18H,1H3,(H,19,20)(H,21,22);;/q;2*+1/p-2. The summed E-state index contributed by atoms with van der Waals surface area (Å²) in [5.41, 5.74) is 0.621. The molecule has 0 radical (unpaired) electrons. The first-order valence-electron chi connectivity index (χ1n) is 6.16. The Morgan fingerprint density at radius 3 is 1.96 bits per heavy atom. The van der Waals surface area contributed by atoms with Crippen molar-refractivity contribution in [3.05, 3.63) is 53.1 Å². The summed E-state index contributed by atoms with van der Waals surface area (Å²) in [7, 11) is 0. The molecular weight excluding hydrogens is 334 g/mol. The maximum absolute atomic E-state index is 11.3. The normalized spacial score (nSPS) is 9.88. The van der Waals surface area contributed by atoms with Crippen molar-refractivity contribution in [2.75, 3.05) is 0 Å². The third-order valence-corrected chi connectivity index (χ3v) is 2.92. The maximum Gasteiger partial charge on any atom is 1.00 e. The van der Waals surface area contributed by atoms with E-state index in [1.807, 2.05) is 0 Å². The van der Waals surface area contributed by atoms with Gasteiger partial charge in [-0.1, -0.05) is 17.9 Å². The Bertz CT molecular complexity index is 728. The molecule has 0 aliphatic heterocycles. The summed E-state index contributed by atoms with van der Waals surface area (Å²) >= 11 is 0. The number of hydrogen-bond acceptors (Lipinski definition) is 6. The second kappa shape index (κ2) is 9.93. The molecule has 9 heteroatoms. The van der Waals surface area contributed by atoms with E-state index in [1.54, 1.807) is 19.1 Å². The maximum atomic E-state index is 11.3. The van der Waals surface area contributed by atoms with Gasteiger partial charge >= 0.3 is 65.1 Å². The van der Waals surface area contributed by atoms with Crippen molar-refractivity contribution in [3.8, 4) is 5.75 Å². The minimum absolute atomic E-state index is 0. The number of carboxylic acids is 2. The van der Waals surface area contributed by atoms with Gasteiger partial charge in [0.25, 0.3) is 0 Å². The minimum Gasteiger partial charge on any atom is -0.872 e. The molecule has 0 unspecified atom stereocenters. The van der Waals surface area contributed by atoms with Gasteiger partial charge in [0.1, 0.15) is 0 Å². The number of carboxylic acid groups (broad SMARTS) is 2. The predicted molar refractivity (Wildman–Crippen MR) is 72.5 cm³/mol. The van der Waals surface area contributed by atoms with Crippen molar-refractivity contribution in [2.45, 2.75) is 6.92 Å². The number of carbonyl (C=O) groups excluding carboxylic acids is 1. The second-order valence-electron chi connectivity index (χ2n) is 4.47. The topological polar surface area (TPSA) is 125 Å². The number of benzene rings is 2. The van der Waals surface area contributed by atoms with Gasteiger partial charge in [-0.15, -0.1) is 0 Å². The zero-order chi connectivity index (χ0) is 16.3. The molecule has 1 N–H and O–H groups in total. The van der Waals surface area contributed by atoms with E-state index in [0.29, 0.717) is 11.3 Å². The monoisotopic (exact) mass is 344 g/mol. The van der Waals surface area contributed by atoms with Crippen molar-refractivity contribution >= 4 is 23.3 Å². The SMILES string of the molecule is Cc1ccc(N=Nc2ccc([O-])c(C(=O)[O-])c2)cc1C(=O)O.[Na+].[Na+]. The van der Waals surface area contributed by atoms with Gasteiger partial charge in [-0.3, -0.25) is 0 Å². The molecule has 0 bridgehead atoms. The van der Waals surface area contributed by atoms with Crippen LogP contribution in [0, 0.1) is 6.92 Å². The number of carbonyl (C=O) groups is 2. The Morgan fingerprint density at radius 2 is 1.46 bits per heavy atom. The molecule has 2 rings (SSSR count). The van der Waals surface area contributed by atoms with E-state index >= 15 is 0 Å². The molecule has 0 aliphatic carbocycles. The molecule has 0 amide bonds. The summed E-state index contributed by atoms with van der Waals surface area (Å²) in [6.07, 6.45) is 0. The smallest absolute Gasteiger partial charge is 0.872 e. The Hall–Kier alpha value is -1.22. The van der Waals surface area contributed by atoms with Crippen LogP contribution in [-0.4, -0.2) is 17.0 Å². The number of azo groups is 1. The number of rotatable bonds is 4. The minimum atomic E-state index is -1.59. The molecule has 112 valence electrons. The first kappa shape index (κ1) is 22.8. The molecule has 7 nitrogen and oxygen atoms in total. The van der Waals surface area contributed by atoms with Crippen molar-refractivity contribution in [2.24, 2.45) is 10.2 Å². The number of aromatic carboxylic acids is 2. The van der Waals surface area contributed by atoms with Crippen LogP contribution in [0.3, 0.4) is 0 Å². The van der Waals surface area contributed by atoms with Crippen LogP contribution in [0.2, 0.25) is 0 Å². The second-order valence-corrected chi connectivity index (χ2v) is 4.47. The summed E-state index contributed by atoms with van der Waals surface area (Å²) in [6.45, 7) is 1.66. The van der Waals surface area contributed by atoms with Crippen LogP contribution in [0.25, 0.3) is 0 Å². The van der Waals surface area contributed by atoms with Gasteiger partial charge < -0.3 is 20.1 Å². The van der Waals surface area contributed by atoms with Crippen LogP contribution >= 0.6 is 0 Å². The first-order chi connectivity index (χ1) is 10.4. The van der Waals surface area contributed by atoms with Crippen LogP contribution in [0.15, 0.2) is 46.6 Å². The Morgan fingerprint density at radius 1 is 0.958 bits per heavy atom. The summed E-state index contributed by atoms with van der Waals surface area (Å²) in [6, 6.07) is 7.93. The quantitative estimate of drug-likeness (QED) is 0.442. The number of nitrogens with zero attached hydrogens (tertiary/aromatic N) is 2. The van der Waals surface area contributed by atoms with Crippen molar-refractivity contribution < 1.29 is 84.0 Å². The van der Waals surface area contributed by atoms with Gasteiger partial charge in [0, 0.05) is 0 Å². The number of aryl methyl sites for hydroxylation is 1. The third-order valence-electron chi connectivity index (χ3n) is 2.92. The molecule has 0 heterocycles. The van der Waals surface area contributed by atoms with Crippen LogP contribution in [0.5, 0.6) is 5.75 Å². The van der Waals surface area contributed by atoms with E-state index in [9.17, 15) is 19.8 Å². The molecule has 0 aliphatic rings. The van der Waals surface area contributed by atoms with Crippen LogP contribution in [0.4, 0.5) is 11.4 Å². The van der Waals surface area contributed by atoms with Gasteiger partial charge in [-0.05, 0) is 42.3 Å². The van der Waals surface area contributed by atoms with E-state index in [4.69, 9.17) is 5.11 Å². The van der Waals surface area contributed by atoms with Crippen molar-refractivity contribution in [1.82, 2.24) is 0 Å². The van der Waals surface area contributed by atoms with E-state index in [1.165, 1.54) is 12.1 Å². The fraction of sp³-hybridized carbons (Fsp3) is 0.0667. The summed E-state index contributed by atoms with van der Waals surface area (Å²) in [5.74, 6) is -3.35. The van der Waals surface area contributed by atoms with Gasteiger partial charge in [-0.2, -0.15) is 10.2 Å². The molecule has 0 saturated carbocycles. The van der Waals surface area contributed by atoms with Crippen LogP contribution in [-0.2, 0) is 0 Å². The average Bonchev–Trinajstić information content (AvgIpc) is 2.47. The van der Waals surface area contributed by atoms with E-state index in [2.05, 4.69) is 10.2 Å². The predicted octanol–water partition coefficient (Wildman–Crippen LogP) is -4.45. The third kappa shape index (κ3) is 5.70. The molecule has 24 heavy (non-hydrogen) atoms. The summed E-state index contributed by atoms with van der Waals surface area (Å²) < 4.78 is 0. The largest absolute Gasteiger partial charge is 1.00 e. The van der Waals surface area contributed by atoms with Crippen molar-refractivity contribution in [1.29, 1.82) is 0 Å². The fourth-order valence-corrected chi connectivity index (χ4v) is 1.76. The zero-order valence-electron chi connectivity index (χ0n) is 13.4. The van der Waals surface area contributed by atoms with E-state index < -0.39 is 23.3 Å². The first-order valence-corrected chi connectivity index (χ1v) is 6.16. The fourth-order valence-electron chi connectivity index (χ4n) is 1.76. The molecule has 2 aromatic rings. The summed E-state index contributed by atoms with van der Waals surface area (Å²) in [4.78, 5) is 21.8.